The maximum atomic E-state index is 9.81. The second-order valence-corrected chi connectivity index (χ2v) is 6.34. The van der Waals surface area contributed by atoms with Gasteiger partial charge in [-0.3, -0.25) is 0 Å². The minimum absolute atomic E-state index is 0.254. The number of aliphatic hydroxyl groups is 4. The van der Waals surface area contributed by atoms with Crippen LogP contribution in [0, 0.1) is 5.92 Å². The highest BCUT2D eigenvalue weighted by Gasteiger charge is 2.17. The van der Waals surface area contributed by atoms with Gasteiger partial charge in [-0.2, -0.15) is 0 Å². The fourth-order valence-corrected chi connectivity index (χ4v) is 2.33. The van der Waals surface area contributed by atoms with E-state index in [0.717, 1.165) is 19.3 Å². The Balaban J connectivity index is 3.62. The van der Waals surface area contributed by atoms with Gasteiger partial charge in [-0.1, -0.05) is 20.8 Å². The molecule has 0 aliphatic heterocycles. The highest BCUT2D eigenvalue weighted by molar-refractivity contribution is 4.70. The summed E-state index contributed by atoms with van der Waals surface area (Å²) in [4.78, 5) is 0. The second-order valence-electron chi connectivity index (χ2n) is 6.34. The standard InChI is InChI=1S/C16H34O4/c1-4-13(17)7-5-8-14(18)9-6-10-15(19)16(20)11-12(2)3/h12-20H,4-11H2,1-3H3. The highest BCUT2D eigenvalue weighted by Crippen LogP contribution is 2.15. The Morgan fingerprint density at radius 3 is 1.70 bits per heavy atom. The number of hydrogen-bond donors (Lipinski definition) is 4. The molecule has 0 aromatic carbocycles. The number of aliphatic hydroxyl groups excluding tert-OH is 4. The van der Waals surface area contributed by atoms with Crippen molar-refractivity contribution in [1.29, 1.82) is 0 Å². The number of hydrogen-bond acceptors (Lipinski definition) is 4. The first-order chi connectivity index (χ1) is 9.36. The quantitative estimate of drug-likeness (QED) is 0.444. The van der Waals surface area contributed by atoms with Crippen LogP contribution in [0.2, 0.25) is 0 Å². The molecule has 0 saturated heterocycles. The minimum Gasteiger partial charge on any atom is -0.393 e. The Labute approximate surface area is 123 Å². The Kier molecular flexibility index (Phi) is 11.4. The van der Waals surface area contributed by atoms with Gasteiger partial charge in [0.15, 0.2) is 0 Å². The van der Waals surface area contributed by atoms with Crippen molar-refractivity contribution < 1.29 is 20.4 Å². The predicted molar refractivity (Wildman–Crippen MR) is 81.5 cm³/mol. The molecule has 0 rings (SSSR count). The third-order valence-electron chi connectivity index (χ3n) is 3.74. The molecule has 0 aromatic heterocycles. The molecule has 122 valence electrons. The summed E-state index contributed by atoms with van der Waals surface area (Å²) in [6, 6.07) is 0. The molecule has 0 heterocycles. The molecule has 0 aliphatic carbocycles. The Hall–Kier alpha value is -0.160. The summed E-state index contributed by atoms with van der Waals surface area (Å²) in [5, 5.41) is 38.8. The molecule has 0 saturated carbocycles. The highest BCUT2D eigenvalue weighted by atomic mass is 16.3. The lowest BCUT2D eigenvalue weighted by Crippen LogP contribution is -2.27. The van der Waals surface area contributed by atoms with Crippen LogP contribution in [0.25, 0.3) is 0 Å². The van der Waals surface area contributed by atoms with E-state index in [2.05, 4.69) is 0 Å². The predicted octanol–water partition coefficient (Wildman–Crippen LogP) is 2.23. The first kappa shape index (κ1) is 19.8. The molecule has 0 bridgehead atoms. The van der Waals surface area contributed by atoms with E-state index in [1.165, 1.54) is 0 Å². The van der Waals surface area contributed by atoms with Crippen LogP contribution in [0.4, 0.5) is 0 Å². The lowest BCUT2D eigenvalue weighted by atomic mass is 9.97. The summed E-state index contributed by atoms with van der Waals surface area (Å²) in [6.45, 7) is 5.99. The molecule has 4 nitrogen and oxygen atoms in total. The van der Waals surface area contributed by atoms with Crippen molar-refractivity contribution in [3.63, 3.8) is 0 Å². The summed E-state index contributed by atoms with van der Waals surface area (Å²) in [7, 11) is 0. The van der Waals surface area contributed by atoms with E-state index in [1.54, 1.807) is 0 Å². The number of rotatable bonds is 12. The zero-order chi connectivity index (χ0) is 15.5. The van der Waals surface area contributed by atoms with Gasteiger partial charge in [-0.25, -0.2) is 0 Å². The van der Waals surface area contributed by atoms with Gasteiger partial charge in [0.2, 0.25) is 0 Å². The normalized spacial score (nSPS) is 18.0. The van der Waals surface area contributed by atoms with Crippen LogP contribution in [0.15, 0.2) is 0 Å². The summed E-state index contributed by atoms with van der Waals surface area (Å²) >= 11 is 0. The zero-order valence-corrected chi connectivity index (χ0v) is 13.3. The van der Waals surface area contributed by atoms with Gasteiger partial charge in [0, 0.05) is 0 Å². The largest absolute Gasteiger partial charge is 0.393 e. The molecule has 0 fully saturated rings. The molecule has 0 spiro atoms. The van der Waals surface area contributed by atoms with Crippen molar-refractivity contribution in [3.05, 3.63) is 0 Å². The lowest BCUT2D eigenvalue weighted by Gasteiger charge is -2.20. The van der Waals surface area contributed by atoms with Gasteiger partial charge < -0.3 is 20.4 Å². The topological polar surface area (TPSA) is 80.9 Å². The van der Waals surface area contributed by atoms with Gasteiger partial charge in [-0.15, -0.1) is 0 Å². The van der Waals surface area contributed by atoms with E-state index in [-0.39, 0.29) is 12.2 Å². The Morgan fingerprint density at radius 2 is 1.20 bits per heavy atom. The summed E-state index contributed by atoms with van der Waals surface area (Å²) in [5.41, 5.74) is 0. The summed E-state index contributed by atoms with van der Waals surface area (Å²) in [6.07, 6.45) is 3.56. The van der Waals surface area contributed by atoms with Crippen molar-refractivity contribution in [3.8, 4) is 0 Å². The van der Waals surface area contributed by atoms with Gasteiger partial charge >= 0.3 is 0 Å². The third-order valence-corrected chi connectivity index (χ3v) is 3.74. The molecule has 4 heteroatoms. The summed E-state index contributed by atoms with van der Waals surface area (Å²) in [5.74, 6) is 0.371. The van der Waals surface area contributed by atoms with Crippen LogP contribution in [0.5, 0.6) is 0 Å². The molecule has 20 heavy (non-hydrogen) atoms. The van der Waals surface area contributed by atoms with Gasteiger partial charge in [0.1, 0.15) is 0 Å². The van der Waals surface area contributed by atoms with Crippen LogP contribution >= 0.6 is 0 Å². The van der Waals surface area contributed by atoms with Crippen LogP contribution in [-0.2, 0) is 0 Å². The average molecular weight is 290 g/mol. The van der Waals surface area contributed by atoms with Gasteiger partial charge in [0.05, 0.1) is 24.4 Å². The smallest absolute Gasteiger partial charge is 0.0801 e. The van der Waals surface area contributed by atoms with E-state index >= 15 is 0 Å². The SMILES string of the molecule is CCC(O)CCCC(O)CCCC(O)C(O)CC(C)C. The van der Waals surface area contributed by atoms with E-state index in [1.807, 2.05) is 20.8 Å². The first-order valence-corrected chi connectivity index (χ1v) is 8.09. The monoisotopic (exact) mass is 290 g/mol. The minimum atomic E-state index is -0.688. The van der Waals surface area contributed by atoms with Crippen LogP contribution < -0.4 is 0 Å². The first-order valence-electron chi connectivity index (χ1n) is 8.09. The molecule has 4 atom stereocenters. The van der Waals surface area contributed by atoms with Crippen molar-refractivity contribution in [2.75, 3.05) is 0 Å². The molecule has 0 aromatic rings. The van der Waals surface area contributed by atoms with Crippen molar-refractivity contribution in [2.45, 2.75) is 96.6 Å². The summed E-state index contributed by atoms with van der Waals surface area (Å²) < 4.78 is 0. The maximum absolute atomic E-state index is 9.81. The molecule has 0 radical (unpaired) electrons. The molecule has 0 aliphatic rings. The van der Waals surface area contributed by atoms with Gasteiger partial charge in [0.25, 0.3) is 0 Å². The Morgan fingerprint density at radius 1 is 0.700 bits per heavy atom. The van der Waals surface area contributed by atoms with E-state index in [9.17, 15) is 20.4 Å². The van der Waals surface area contributed by atoms with Crippen LogP contribution in [0.1, 0.15) is 72.1 Å². The lowest BCUT2D eigenvalue weighted by molar-refractivity contribution is -0.000125. The maximum Gasteiger partial charge on any atom is 0.0801 e. The molecular weight excluding hydrogens is 256 g/mol. The van der Waals surface area contributed by atoms with E-state index < -0.39 is 12.2 Å². The molecule has 0 amide bonds. The zero-order valence-electron chi connectivity index (χ0n) is 13.3. The van der Waals surface area contributed by atoms with E-state index in [4.69, 9.17) is 0 Å². The fourth-order valence-electron chi connectivity index (χ4n) is 2.33. The molecule has 4 unspecified atom stereocenters. The van der Waals surface area contributed by atoms with Crippen molar-refractivity contribution >= 4 is 0 Å². The van der Waals surface area contributed by atoms with Crippen molar-refractivity contribution in [1.82, 2.24) is 0 Å². The molecular formula is C16H34O4. The van der Waals surface area contributed by atoms with Crippen LogP contribution in [0.3, 0.4) is 0 Å². The van der Waals surface area contributed by atoms with E-state index in [0.29, 0.717) is 38.0 Å². The fraction of sp³-hybridized carbons (Fsp3) is 1.00. The third kappa shape index (κ3) is 10.6. The van der Waals surface area contributed by atoms with Crippen LogP contribution in [-0.4, -0.2) is 44.8 Å². The Bertz CT molecular complexity index is 221. The molecule has 4 N–H and O–H groups in total. The van der Waals surface area contributed by atoms with Crippen molar-refractivity contribution in [2.24, 2.45) is 5.92 Å². The average Bonchev–Trinajstić information content (AvgIpc) is 2.37. The second kappa shape index (κ2) is 11.5. The van der Waals surface area contributed by atoms with Gasteiger partial charge in [-0.05, 0) is 57.3 Å².